The van der Waals surface area contributed by atoms with Crippen LogP contribution in [-0.2, 0) is 11.3 Å². The highest BCUT2D eigenvalue weighted by molar-refractivity contribution is 6.48. The molecule has 27 heavy (non-hydrogen) atoms. The Hall–Kier alpha value is -3.74. The van der Waals surface area contributed by atoms with E-state index in [2.05, 4.69) is 20.4 Å². The van der Waals surface area contributed by atoms with Crippen molar-refractivity contribution < 1.29 is 9.59 Å². The third-order valence-electron chi connectivity index (χ3n) is 4.30. The predicted octanol–water partition coefficient (Wildman–Crippen LogP) is 2.94. The summed E-state index contributed by atoms with van der Waals surface area (Å²) in [7, 11) is 0. The Morgan fingerprint density at radius 2 is 1.89 bits per heavy atom. The van der Waals surface area contributed by atoms with Crippen LogP contribution in [0.25, 0.3) is 10.9 Å². The van der Waals surface area contributed by atoms with Crippen LogP contribution >= 0.6 is 0 Å². The lowest BCUT2D eigenvalue weighted by Crippen LogP contribution is -2.23. The summed E-state index contributed by atoms with van der Waals surface area (Å²) in [5.41, 5.74) is 2.92. The lowest BCUT2D eigenvalue weighted by Gasteiger charge is -2.03. The summed E-state index contributed by atoms with van der Waals surface area (Å²) in [5, 5.41) is 7.61. The Morgan fingerprint density at radius 3 is 2.70 bits per heavy atom. The number of para-hydroxylation sites is 1. The van der Waals surface area contributed by atoms with E-state index in [0.717, 1.165) is 16.5 Å². The molecule has 0 unspecified atom stereocenters. The van der Waals surface area contributed by atoms with Crippen LogP contribution in [0.4, 0.5) is 5.82 Å². The molecule has 0 fully saturated rings. The maximum atomic E-state index is 12.7. The number of Topliss-reactive ketones (excluding diaryl/α,β-unsaturated/α-hetero) is 1. The normalized spacial score (nSPS) is 10.9. The second-order valence-electron chi connectivity index (χ2n) is 6.21. The van der Waals surface area contributed by atoms with Gasteiger partial charge in [-0.3, -0.25) is 19.3 Å². The Kier molecular flexibility index (Phi) is 4.25. The van der Waals surface area contributed by atoms with E-state index in [4.69, 9.17) is 0 Å². The summed E-state index contributed by atoms with van der Waals surface area (Å²) in [5.74, 6) is -0.967. The zero-order valence-corrected chi connectivity index (χ0v) is 14.6. The molecular weight excluding hydrogens is 342 g/mol. The van der Waals surface area contributed by atoms with Crippen LogP contribution < -0.4 is 5.32 Å². The molecule has 0 atom stereocenters. The largest absolute Gasteiger partial charge is 0.358 e. The molecule has 4 rings (SSSR count). The van der Waals surface area contributed by atoms with Crippen LogP contribution in [0.1, 0.15) is 21.6 Å². The first-order valence-corrected chi connectivity index (χ1v) is 8.47. The number of amides is 1. The van der Waals surface area contributed by atoms with Crippen molar-refractivity contribution in [1.82, 2.24) is 19.7 Å². The lowest BCUT2D eigenvalue weighted by atomic mass is 10.1. The monoisotopic (exact) mass is 359 g/mol. The minimum atomic E-state index is -0.711. The predicted molar refractivity (Wildman–Crippen MR) is 102 cm³/mol. The first-order chi connectivity index (χ1) is 13.1. The van der Waals surface area contributed by atoms with E-state index in [9.17, 15) is 9.59 Å². The van der Waals surface area contributed by atoms with E-state index in [0.29, 0.717) is 23.6 Å². The van der Waals surface area contributed by atoms with Crippen LogP contribution in [0.2, 0.25) is 0 Å². The molecule has 4 aromatic rings. The van der Waals surface area contributed by atoms with Crippen molar-refractivity contribution in [2.75, 3.05) is 5.32 Å². The highest BCUT2D eigenvalue weighted by Crippen LogP contribution is 2.22. The van der Waals surface area contributed by atoms with Crippen molar-refractivity contribution in [3.8, 4) is 0 Å². The van der Waals surface area contributed by atoms with E-state index in [1.165, 1.54) is 0 Å². The Balaban J connectivity index is 1.50. The number of aryl methyl sites for hydroxylation is 1. The fourth-order valence-electron chi connectivity index (χ4n) is 3.05. The molecule has 0 radical (unpaired) electrons. The molecule has 0 saturated heterocycles. The molecule has 3 heterocycles. The van der Waals surface area contributed by atoms with Crippen molar-refractivity contribution in [2.24, 2.45) is 0 Å². The maximum Gasteiger partial charge on any atom is 0.298 e. The number of fused-ring (bicyclic) bond motifs is 1. The van der Waals surface area contributed by atoms with Gasteiger partial charge in [0.15, 0.2) is 5.82 Å². The molecule has 0 aliphatic rings. The zero-order valence-electron chi connectivity index (χ0n) is 14.6. The quantitative estimate of drug-likeness (QED) is 0.423. The molecule has 7 nitrogen and oxygen atoms in total. The zero-order chi connectivity index (χ0) is 18.8. The van der Waals surface area contributed by atoms with E-state index >= 15 is 0 Å². The molecule has 7 heteroatoms. The Bertz CT molecular complexity index is 1130. The van der Waals surface area contributed by atoms with Gasteiger partial charge in [0.05, 0.1) is 12.1 Å². The summed E-state index contributed by atoms with van der Waals surface area (Å²) in [6.07, 6.45) is 5.17. The van der Waals surface area contributed by atoms with Gasteiger partial charge in [-0.2, -0.15) is 5.10 Å². The fourth-order valence-corrected chi connectivity index (χ4v) is 3.05. The summed E-state index contributed by atoms with van der Waals surface area (Å²) in [4.78, 5) is 32.2. The number of benzene rings is 1. The van der Waals surface area contributed by atoms with Gasteiger partial charge in [0.2, 0.25) is 0 Å². The van der Waals surface area contributed by atoms with Crippen LogP contribution in [0, 0.1) is 6.92 Å². The van der Waals surface area contributed by atoms with Gasteiger partial charge < -0.3 is 10.3 Å². The second-order valence-corrected chi connectivity index (χ2v) is 6.21. The number of carbonyl (C=O) groups is 2. The van der Waals surface area contributed by atoms with Gasteiger partial charge in [-0.05, 0) is 30.7 Å². The van der Waals surface area contributed by atoms with Gasteiger partial charge in [0, 0.05) is 41.3 Å². The topological polar surface area (TPSA) is 92.7 Å². The van der Waals surface area contributed by atoms with Gasteiger partial charge in [-0.15, -0.1) is 0 Å². The highest BCUT2D eigenvalue weighted by Gasteiger charge is 2.23. The number of nitrogens with one attached hydrogen (secondary N) is 2. The van der Waals surface area contributed by atoms with Crippen molar-refractivity contribution in [3.63, 3.8) is 0 Å². The number of aromatic amines is 1. The number of ketones is 1. The molecule has 0 aliphatic carbocycles. The van der Waals surface area contributed by atoms with Crippen LogP contribution in [0.5, 0.6) is 0 Å². The number of aromatic nitrogens is 4. The molecular formula is C20H17N5O2. The lowest BCUT2D eigenvalue weighted by molar-refractivity contribution is -0.112. The SMILES string of the molecule is Cc1[nH]c2ccccc2c1C(=O)C(=O)Nc1ccn(Cc2ccncc2)n1. The van der Waals surface area contributed by atoms with Crippen molar-refractivity contribution >= 4 is 28.4 Å². The van der Waals surface area contributed by atoms with Gasteiger partial charge in [0.25, 0.3) is 11.7 Å². The molecule has 134 valence electrons. The van der Waals surface area contributed by atoms with Crippen LogP contribution in [-0.4, -0.2) is 31.4 Å². The fraction of sp³-hybridized carbons (Fsp3) is 0.100. The van der Waals surface area contributed by atoms with Gasteiger partial charge in [-0.1, -0.05) is 18.2 Å². The number of hydrogen-bond acceptors (Lipinski definition) is 4. The number of anilines is 1. The maximum absolute atomic E-state index is 12.7. The Morgan fingerprint density at radius 1 is 1.11 bits per heavy atom. The number of rotatable bonds is 5. The standard InChI is InChI=1S/C20H17N5O2/c1-13-18(15-4-2-3-5-16(15)22-13)19(26)20(27)23-17-8-11-25(24-17)12-14-6-9-21-10-7-14/h2-11,22H,12H2,1H3,(H,23,24,27). The summed E-state index contributed by atoms with van der Waals surface area (Å²) in [6.45, 7) is 2.33. The minimum Gasteiger partial charge on any atom is -0.358 e. The van der Waals surface area contributed by atoms with Crippen LogP contribution in [0.15, 0.2) is 61.1 Å². The molecule has 1 amide bonds. The third-order valence-corrected chi connectivity index (χ3v) is 4.30. The highest BCUT2D eigenvalue weighted by atomic mass is 16.2. The summed E-state index contributed by atoms with van der Waals surface area (Å²) < 4.78 is 1.69. The van der Waals surface area contributed by atoms with Crippen molar-refractivity contribution in [1.29, 1.82) is 0 Å². The van der Waals surface area contributed by atoms with Gasteiger partial charge >= 0.3 is 0 Å². The molecule has 0 aliphatic heterocycles. The molecule has 2 N–H and O–H groups in total. The molecule has 3 aromatic heterocycles. The van der Waals surface area contributed by atoms with Crippen molar-refractivity contribution in [3.05, 3.63) is 77.9 Å². The first-order valence-electron chi connectivity index (χ1n) is 8.47. The minimum absolute atomic E-state index is 0.333. The summed E-state index contributed by atoms with van der Waals surface area (Å²) >= 11 is 0. The van der Waals surface area contributed by atoms with E-state index in [1.54, 1.807) is 36.3 Å². The number of nitrogens with zero attached hydrogens (tertiary/aromatic N) is 3. The number of H-pyrrole nitrogens is 1. The van der Waals surface area contributed by atoms with E-state index in [-0.39, 0.29) is 0 Å². The molecule has 1 aromatic carbocycles. The number of hydrogen-bond donors (Lipinski definition) is 2. The van der Waals surface area contributed by atoms with E-state index < -0.39 is 11.7 Å². The molecule has 0 spiro atoms. The average Bonchev–Trinajstić information content (AvgIpc) is 3.24. The molecule has 0 bridgehead atoms. The average molecular weight is 359 g/mol. The van der Waals surface area contributed by atoms with E-state index in [1.807, 2.05) is 36.4 Å². The number of carbonyl (C=O) groups excluding carboxylic acids is 2. The van der Waals surface area contributed by atoms with Crippen LogP contribution in [0.3, 0.4) is 0 Å². The van der Waals surface area contributed by atoms with Gasteiger partial charge in [-0.25, -0.2) is 0 Å². The number of pyridine rings is 1. The van der Waals surface area contributed by atoms with Crippen molar-refractivity contribution in [2.45, 2.75) is 13.5 Å². The summed E-state index contributed by atoms with van der Waals surface area (Å²) in [6, 6.07) is 12.9. The molecule has 0 saturated carbocycles. The smallest absolute Gasteiger partial charge is 0.298 e. The second kappa shape index (κ2) is 6.87. The van der Waals surface area contributed by atoms with Gasteiger partial charge in [0.1, 0.15) is 0 Å². The third kappa shape index (κ3) is 3.35. The Labute approximate surface area is 155 Å². The first kappa shape index (κ1) is 16.7.